The lowest BCUT2D eigenvalue weighted by atomic mass is 9.89. The third-order valence-corrected chi connectivity index (χ3v) is 7.10. The summed E-state index contributed by atoms with van der Waals surface area (Å²) < 4.78 is 0. The zero-order valence-corrected chi connectivity index (χ0v) is 18.3. The maximum atomic E-state index is 12.9. The SMILES string of the molecule is O=C(CSc1nc2scc(-c3ccc4c(c3)CCCC4)c2c(=O)[nH]1)Nc1ccccn1. The molecule has 3 heterocycles. The summed E-state index contributed by atoms with van der Waals surface area (Å²) in [5.74, 6) is 0.430. The number of aryl methyl sites for hydroxylation is 2. The molecule has 5 rings (SSSR count). The van der Waals surface area contributed by atoms with Crippen LogP contribution >= 0.6 is 23.1 Å². The maximum absolute atomic E-state index is 12.9. The molecule has 0 saturated heterocycles. The number of anilines is 1. The number of nitrogens with zero attached hydrogens (tertiary/aromatic N) is 2. The molecular formula is C23H20N4O2S2. The van der Waals surface area contributed by atoms with Crippen molar-refractivity contribution in [3.63, 3.8) is 0 Å². The number of pyridine rings is 1. The van der Waals surface area contributed by atoms with E-state index in [2.05, 4.69) is 38.5 Å². The van der Waals surface area contributed by atoms with Crippen LogP contribution in [0.2, 0.25) is 0 Å². The Bertz CT molecular complexity index is 1310. The van der Waals surface area contributed by atoms with Crippen molar-refractivity contribution in [1.29, 1.82) is 0 Å². The molecule has 6 nitrogen and oxygen atoms in total. The Kier molecular flexibility index (Phi) is 5.57. The monoisotopic (exact) mass is 448 g/mol. The molecule has 2 N–H and O–H groups in total. The molecule has 1 aliphatic carbocycles. The molecule has 0 atom stereocenters. The molecule has 0 aliphatic heterocycles. The lowest BCUT2D eigenvalue weighted by Crippen LogP contribution is -2.16. The second-order valence-corrected chi connectivity index (χ2v) is 9.27. The number of thioether (sulfide) groups is 1. The van der Waals surface area contributed by atoms with Gasteiger partial charge in [0.05, 0.1) is 11.1 Å². The Hall–Kier alpha value is -2.97. The van der Waals surface area contributed by atoms with Gasteiger partial charge >= 0.3 is 0 Å². The molecule has 0 fully saturated rings. The first kappa shape index (κ1) is 20.0. The Morgan fingerprint density at radius 3 is 2.87 bits per heavy atom. The van der Waals surface area contributed by atoms with Gasteiger partial charge in [-0.3, -0.25) is 9.59 Å². The number of fused-ring (bicyclic) bond motifs is 2. The van der Waals surface area contributed by atoms with Crippen LogP contribution in [0, 0.1) is 0 Å². The van der Waals surface area contributed by atoms with Gasteiger partial charge in [0.1, 0.15) is 10.6 Å². The minimum Gasteiger partial charge on any atom is -0.310 e. The fourth-order valence-corrected chi connectivity index (χ4v) is 5.53. The van der Waals surface area contributed by atoms with Gasteiger partial charge < -0.3 is 10.3 Å². The predicted molar refractivity (Wildman–Crippen MR) is 126 cm³/mol. The number of amides is 1. The first-order chi connectivity index (χ1) is 15.2. The van der Waals surface area contributed by atoms with Crippen LogP contribution in [0.3, 0.4) is 0 Å². The van der Waals surface area contributed by atoms with Gasteiger partial charge in [-0.2, -0.15) is 0 Å². The van der Waals surface area contributed by atoms with Gasteiger partial charge in [-0.15, -0.1) is 11.3 Å². The molecule has 0 saturated carbocycles. The number of carbonyl (C=O) groups excluding carboxylic acids is 1. The van der Waals surface area contributed by atoms with Gasteiger partial charge in [0.15, 0.2) is 5.16 Å². The summed E-state index contributed by atoms with van der Waals surface area (Å²) in [5, 5.41) is 5.78. The van der Waals surface area contributed by atoms with Crippen molar-refractivity contribution in [3.05, 3.63) is 69.5 Å². The van der Waals surface area contributed by atoms with Crippen molar-refractivity contribution in [1.82, 2.24) is 15.0 Å². The fraction of sp³-hybridized carbons (Fsp3) is 0.217. The molecule has 0 radical (unpaired) electrons. The average molecular weight is 449 g/mol. The van der Waals surface area contributed by atoms with E-state index in [9.17, 15) is 9.59 Å². The van der Waals surface area contributed by atoms with Crippen LogP contribution in [0.1, 0.15) is 24.0 Å². The predicted octanol–water partition coefficient (Wildman–Crippen LogP) is 4.66. The smallest absolute Gasteiger partial charge is 0.260 e. The summed E-state index contributed by atoms with van der Waals surface area (Å²) >= 11 is 2.66. The lowest BCUT2D eigenvalue weighted by Gasteiger charge is -2.16. The zero-order chi connectivity index (χ0) is 21.2. The third-order valence-electron chi connectivity index (χ3n) is 5.35. The van der Waals surface area contributed by atoms with Crippen LogP contribution in [0.25, 0.3) is 21.3 Å². The first-order valence-electron chi connectivity index (χ1n) is 10.1. The number of H-pyrrole nitrogens is 1. The van der Waals surface area contributed by atoms with Crippen LogP contribution in [0.4, 0.5) is 5.82 Å². The van der Waals surface area contributed by atoms with Gasteiger partial charge in [-0.1, -0.05) is 36.0 Å². The van der Waals surface area contributed by atoms with E-state index in [0.717, 1.165) is 24.0 Å². The van der Waals surface area contributed by atoms with E-state index in [1.54, 1.807) is 24.4 Å². The van der Waals surface area contributed by atoms with E-state index >= 15 is 0 Å². The second kappa shape index (κ2) is 8.64. The molecular weight excluding hydrogens is 428 g/mol. The molecule has 156 valence electrons. The number of aromatic amines is 1. The molecule has 4 aromatic rings. The highest BCUT2D eigenvalue weighted by molar-refractivity contribution is 7.99. The molecule has 0 unspecified atom stereocenters. The molecule has 1 aliphatic rings. The van der Waals surface area contributed by atoms with Crippen molar-refractivity contribution in [3.8, 4) is 11.1 Å². The molecule has 0 spiro atoms. The highest BCUT2D eigenvalue weighted by Gasteiger charge is 2.16. The Labute approximate surface area is 187 Å². The first-order valence-corrected chi connectivity index (χ1v) is 12.0. The van der Waals surface area contributed by atoms with Crippen molar-refractivity contribution in [2.24, 2.45) is 0 Å². The van der Waals surface area contributed by atoms with Crippen LogP contribution in [0.5, 0.6) is 0 Å². The van der Waals surface area contributed by atoms with Gasteiger partial charge in [0, 0.05) is 17.1 Å². The van der Waals surface area contributed by atoms with Crippen molar-refractivity contribution in [2.45, 2.75) is 30.8 Å². The van der Waals surface area contributed by atoms with Crippen molar-refractivity contribution >= 4 is 45.0 Å². The Morgan fingerprint density at radius 1 is 1.16 bits per heavy atom. The molecule has 3 aromatic heterocycles. The van der Waals surface area contributed by atoms with Crippen molar-refractivity contribution in [2.75, 3.05) is 11.1 Å². The van der Waals surface area contributed by atoms with Gasteiger partial charge in [-0.25, -0.2) is 9.97 Å². The number of carbonyl (C=O) groups is 1. The minimum atomic E-state index is -0.202. The summed E-state index contributed by atoms with van der Waals surface area (Å²) in [4.78, 5) is 37.2. The van der Waals surface area contributed by atoms with Crippen LogP contribution in [-0.4, -0.2) is 26.6 Å². The highest BCUT2D eigenvalue weighted by atomic mass is 32.2. The van der Waals surface area contributed by atoms with Crippen LogP contribution in [-0.2, 0) is 17.6 Å². The van der Waals surface area contributed by atoms with E-state index in [-0.39, 0.29) is 17.2 Å². The quantitative estimate of drug-likeness (QED) is 0.343. The van der Waals surface area contributed by atoms with Crippen molar-refractivity contribution < 1.29 is 4.79 Å². The number of nitrogens with one attached hydrogen (secondary N) is 2. The number of rotatable bonds is 5. The summed E-state index contributed by atoms with van der Waals surface area (Å²) in [5.41, 5.74) is 4.62. The largest absolute Gasteiger partial charge is 0.310 e. The van der Waals surface area contributed by atoms with E-state index in [4.69, 9.17) is 0 Å². The molecule has 31 heavy (non-hydrogen) atoms. The van der Waals surface area contributed by atoms with E-state index in [0.29, 0.717) is 21.2 Å². The number of thiophene rings is 1. The van der Waals surface area contributed by atoms with Gasteiger partial charge in [-0.05, 0) is 54.5 Å². The molecule has 1 amide bonds. The normalized spacial score (nSPS) is 13.2. The minimum absolute atomic E-state index is 0.133. The zero-order valence-electron chi connectivity index (χ0n) is 16.7. The molecule has 1 aromatic carbocycles. The summed E-state index contributed by atoms with van der Waals surface area (Å²) in [7, 11) is 0. The molecule has 0 bridgehead atoms. The van der Waals surface area contributed by atoms with Gasteiger partial charge in [0.25, 0.3) is 5.56 Å². The topological polar surface area (TPSA) is 87.7 Å². The maximum Gasteiger partial charge on any atom is 0.260 e. The summed E-state index contributed by atoms with van der Waals surface area (Å²) in [6, 6.07) is 11.8. The highest BCUT2D eigenvalue weighted by Crippen LogP contribution is 2.34. The van der Waals surface area contributed by atoms with Crippen LogP contribution < -0.4 is 10.9 Å². The van der Waals surface area contributed by atoms with Crippen LogP contribution in [0.15, 0.2) is 57.9 Å². The van der Waals surface area contributed by atoms with E-state index in [1.165, 1.54) is 47.1 Å². The number of aromatic nitrogens is 3. The fourth-order valence-electron chi connectivity index (χ4n) is 3.86. The summed E-state index contributed by atoms with van der Waals surface area (Å²) in [6.07, 6.45) is 6.32. The number of benzene rings is 1. The number of hydrogen-bond donors (Lipinski definition) is 2. The third kappa shape index (κ3) is 4.26. The van der Waals surface area contributed by atoms with E-state index < -0.39 is 0 Å². The Morgan fingerprint density at radius 2 is 2.03 bits per heavy atom. The molecule has 8 heteroatoms. The summed E-state index contributed by atoms with van der Waals surface area (Å²) in [6.45, 7) is 0. The second-order valence-electron chi connectivity index (χ2n) is 7.44. The Balaban J connectivity index is 1.36. The standard InChI is InChI=1S/C23H20N4O2S2/c28-19(25-18-7-3-4-10-24-18)13-31-23-26-21(29)20-17(12-30-22(20)27-23)16-9-8-14-5-1-2-6-15(14)11-16/h3-4,7-12H,1-2,5-6,13H2,(H,24,25,28)(H,26,27,29). The number of hydrogen-bond acceptors (Lipinski definition) is 6. The van der Waals surface area contributed by atoms with E-state index in [1.807, 2.05) is 5.38 Å². The lowest BCUT2D eigenvalue weighted by molar-refractivity contribution is -0.113. The van der Waals surface area contributed by atoms with Gasteiger partial charge in [0.2, 0.25) is 5.91 Å². The average Bonchev–Trinajstić information content (AvgIpc) is 3.23.